The molecule has 1 aromatic heterocycles. The number of aromatic carboxylic acids is 1. The number of aromatic nitrogens is 1. The van der Waals surface area contributed by atoms with Crippen molar-refractivity contribution in [2.45, 2.75) is 0 Å². The molecule has 12 heteroatoms. The van der Waals surface area contributed by atoms with Gasteiger partial charge in [-0.15, -0.1) is 0 Å². The van der Waals surface area contributed by atoms with Gasteiger partial charge in [-0.2, -0.15) is 0 Å². The summed E-state index contributed by atoms with van der Waals surface area (Å²) in [6, 6.07) is 3.17. The number of hydrogen-bond donors (Lipinski definition) is 2. The normalized spacial score (nSPS) is 11.2. The van der Waals surface area contributed by atoms with Crippen molar-refractivity contribution in [1.29, 1.82) is 0 Å². The van der Waals surface area contributed by atoms with Crippen molar-refractivity contribution in [3.63, 3.8) is 0 Å². The molecule has 0 unspecified atom stereocenters. The van der Waals surface area contributed by atoms with Gasteiger partial charge < -0.3 is 5.11 Å². The first kappa shape index (κ1) is 16.8. The van der Waals surface area contributed by atoms with E-state index in [0.29, 0.717) is 0 Å². The monoisotopic (exact) mass is 341 g/mol. The number of pyridine rings is 1. The maximum absolute atomic E-state index is 10.2. The molecule has 102 valence electrons. The van der Waals surface area contributed by atoms with Crippen LogP contribution in [0, 0.1) is 0 Å². The molecule has 0 atom stereocenters. The summed E-state index contributed by atoms with van der Waals surface area (Å²) in [4.78, 5) is 12.8. The van der Waals surface area contributed by atoms with E-state index in [0.717, 1.165) is 0 Å². The molecule has 0 aliphatic heterocycles. The van der Waals surface area contributed by atoms with Gasteiger partial charge in [0, 0.05) is 6.07 Å². The van der Waals surface area contributed by atoms with Crippen molar-refractivity contribution in [1.82, 2.24) is 0 Å². The Morgan fingerprint density at radius 2 is 1.89 bits per heavy atom. The number of nitrogens with one attached hydrogen (secondary N) is 1. The molecular weight excluding hydrogens is 334 g/mol. The molecular formula is C6H7Cr2NO9. The molecule has 0 aliphatic rings. The zero-order valence-electron chi connectivity index (χ0n) is 8.38. The van der Waals surface area contributed by atoms with Crippen LogP contribution < -0.4 is 9.14 Å². The molecule has 0 radical (unpaired) electrons. The number of carbonyl (C=O) groups is 1. The van der Waals surface area contributed by atoms with E-state index in [-0.39, 0.29) is 5.56 Å². The van der Waals surface area contributed by atoms with E-state index in [2.05, 4.69) is 7.82 Å². The van der Waals surface area contributed by atoms with E-state index in [1.165, 1.54) is 12.3 Å². The Balaban J connectivity index is 0.000000321. The topological polar surface area (TPSA) is 172 Å². The SMILES string of the molecule is O=C(O)c1ccc[nH+]c1.[O]=[Cr](=[O])([O-])[O][Cr](=[O])(=[O])[OH]. The predicted octanol–water partition coefficient (Wildman–Crippen LogP) is -2.10. The third-order valence-electron chi connectivity index (χ3n) is 1.12. The second-order valence-corrected chi connectivity index (χ2v) is 6.20. The van der Waals surface area contributed by atoms with Crippen LogP contribution >= 0.6 is 0 Å². The van der Waals surface area contributed by atoms with E-state index < -0.39 is 33.2 Å². The molecule has 0 fully saturated rings. The van der Waals surface area contributed by atoms with Gasteiger partial charge in [0.25, 0.3) is 0 Å². The molecule has 18 heavy (non-hydrogen) atoms. The van der Waals surface area contributed by atoms with Crippen molar-refractivity contribution in [3.8, 4) is 0 Å². The van der Waals surface area contributed by atoms with Gasteiger partial charge in [0.1, 0.15) is 5.56 Å². The third-order valence-corrected chi connectivity index (χ3v) is 3.83. The minimum absolute atomic E-state index is 0.275. The molecule has 10 nitrogen and oxygen atoms in total. The zero-order valence-corrected chi connectivity index (χ0v) is 10.9. The summed E-state index contributed by atoms with van der Waals surface area (Å²) in [5.41, 5.74) is 0.275. The fourth-order valence-corrected chi connectivity index (χ4v) is 2.32. The van der Waals surface area contributed by atoms with Crippen molar-refractivity contribution >= 4 is 5.97 Å². The number of rotatable bonds is 3. The second-order valence-electron chi connectivity index (χ2n) is 2.50. The van der Waals surface area contributed by atoms with Gasteiger partial charge in [-0.25, -0.2) is 9.78 Å². The fourth-order valence-electron chi connectivity index (χ4n) is 0.632. The van der Waals surface area contributed by atoms with Crippen LogP contribution in [0.5, 0.6) is 0 Å². The third kappa shape index (κ3) is 9.95. The van der Waals surface area contributed by atoms with E-state index in [1.54, 1.807) is 12.3 Å². The van der Waals surface area contributed by atoms with Gasteiger partial charge in [-0.3, -0.25) is 0 Å². The number of carboxylic acid groups (broad SMARTS) is 1. The molecule has 0 aromatic carbocycles. The van der Waals surface area contributed by atoms with Crippen LogP contribution in [0.3, 0.4) is 0 Å². The van der Waals surface area contributed by atoms with Crippen LogP contribution in [0.2, 0.25) is 0 Å². The van der Waals surface area contributed by atoms with Crippen molar-refractivity contribution < 1.29 is 68.5 Å². The number of hydrogen-bond acceptors (Lipinski definition) is 7. The Bertz CT molecular complexity index is 561. The first-order valence-electron chi connectivity index (χ1n) is 3.85. The molecule has 3 N–H and O–H groups in total. The average Bonchev–Trinajstić information content (AvgIpc) is 2.14. The fraction of sp³-hybridized carbons (Fsp3) is 0. The first-order chi connectivity index (χ1) is 8.01. The van der Waals surface area contributed by atoms with Gasteiger partial charge in [0.05, 0.1) is 0 Å². The number of H-pyrrole nitrogens is 1. The van der Waals surface area contributed by atoms with Crippen molar-refractivity contribution in [3.05, 3.63) is 30.1 Å². The molecule has 0 bridgehead atoms. The number of aromatic amines is 1. The minimum atomic E-state index is -6.01. The van der Waals surface area contributed by atoms with E-state index in [9.17, 15) is 24.2 Å². The molecule has 0 spiro atoms. The molecule has 0 saturated heterocycles. The average molecular weight is 341 g/mol. The molecule has 1 heterocycles. The van der Waals surface area contributed by atoms with Crippen LogP contribution in [-0.4, -0.2) is 15.2 Å². The molecule has 1 rings (SSSR count). The molecule has 0 saturated carbocycles. The van der Waals surface area contributed by atoms with E-state index >= 15 is 0 Å². The Morgan fingerprint density at radius 1 is 1.33 bits per heavy atom. The second kappa shape index (κ2) is 6.63. The van der Waals surface area contributed by atoms with Gasteiger partial charge in [0.2, 0.25) is 0 Å². The van der Waals surface area contributed by atoms with Crippen molar-refractivity contribution in [2.24, 2.45) is 0 Å². The summed E-state index contributed by atoms with van der Waals surface area (Å²) < 4.78 is 57.6. The summed E-state index contributed by atoms with van der Waals surface area (Å²) in [5.74, 6) is -0.910. The van der Waals surface area contributed by atoms with Crippen LogP contribution in [-0.2, 0) is 45.3 Å². The summed E-state index contributed by atoms with van der Waals surface area (Å²) in [6.45, 7) is 0. The maximum atomic E-state index is 10.2. The Hall–Kier alpha value is -1.24. The standard InChI is InChI=1S/C6H5NO2.2Cr.H2O.6O/c8-6(9)5-2-1-3-7-4-5;;;;;;;;;/h1-4H,(H,8,9);;;1H2;;;;;;/q;;+1;;;;;;;-1. The van der Waals surface area contributed by atoms with Crippen molar-refractivity contribution in [2.75, 3.05) is 0 Å². The summed E-state index contributed by atoms with van der Waals surface area (Å²) in [7, 11) is 0. The first-order valence-corrected chi connectivity index (χ1v) is 8.06. The van der Waals surface area contributed by atoms with Gasteiger partial charge >= 0.3 is 59.6 Å². The quantitative estimate of drug-likeness (QED) is 0.624. The van der Waals surface area contributed by atoms with Gasteiger partial charge in [0.15, 0.2) is 12.4 Å². The Labute approximate surface area is 105 Å². The molecule has 0 aliphatic carbocycles. The number of carboxylic acids is 1. The summed E-state index contributed by atoms with van der Waals surface area (Å²) in [5, 5.41) is 8.36. The van der Waals surface area contributed by atoms with E-state index in [4.69, 9.17) is 9.26 Å². The summed E-state index contributed by atoms with van der Waals surface area (Å²) >= 11 is -11.8. The van der Waals surface area contributed by atoms with Gasteiger partial charge in [-0.1, -0.05) is 0 Å². The Morgan fingerprint density at radius 3 is 2.06 bits per heavy atom. The zero-order chi connectivity index (χ0) is 14.4. The van der Waals surface area contributed by atoms with Crippen LogP contribution in [0.1, 0.15) is 10.4 Å². The molecule has 1 aromatic rings. The van der Waals surface area contributed by atoms with Crippen LogP contribution in [0.25, 0.3) is 0 Å². The Kier molecular flexibility index (Phi) is 6.18. The summed E-state index contributed by atoms with van der Waals surface area (Å²) in [6.07, 6.45) is 3.09. The van der Waals surface area contributed by atoms with E-state index in [1.807, 2.05) is 0 Å². The predicted molar refractivity (Wildman–Crippen MR) is 36.0 cm³/mol. The van der Waals surface area contributed by atoms with Gasteiger partial charge in [-0.05, 0) is 6.07 Å². The van der Waals surface area contributed by atoms with Crippen LogP contribution in [0.4, 0.5) is 0 Å². The van der Waals surface area contributed by atoms with Crippen LogP contribution in [0.15, 0.2) is 24.5 Å². The molecule has 0 amide bonds.